The number of aromatic amines is 1. The molecule has 1 aromatic carbocycles. The van der Waals surface area contributed by atoms with Gasteiger partial charge in [0.05, 0.1) is 0 Å². The molecular formula is C15H16N2. The van der Waals surface area contributed by atoms with E-state index in [2.05, 4.69) is 34.8 Å². The molecule has 17 heavy (non-hydrogen) atoms. The Bertz CT molecular complexity index is 515. The third-order valence-electron chi connectivity index (χ3n) is 2.52. The van der Waals surface area contributed by atoms with E-state index in [1.165, 1.54) is 12.8 Å². The minimum atomic E-state index is 0.891. The van der Waals surface area contributed by atoms with Crippen LogP contribution in [0.3, 0.4) is 0 Å². The summed E-state index contributed by atoms with van der Waals surface area (Å²) in [5.41, 5.74) is 2.13. The lowest BCUT2D eigenvalue weighted by Crippen LogP contribution is -1.82. The maximum absolute atomic E-state index is 4.23. The first-order chi connectivity index (χ1) is 8.40. The first kappa shape index (κ1) is 11.5. The van der Waals surface area contributed by atoms with E-state index >= 15 is 0 Å². The van der Waals surface area contributed by atoms with Gasteiger partial charge in [0, 0.05) is 29.9 Å². The molecule has 0 atom stereocenters. The molecule has 86 valence electrons. The van der Waals surface area contributed by atoms with Crippen LogP contribution in [-0.2, 0) is 0 Å². The van der Waals surface area contributed by atoms with Crippen LogP contribution in [0.15, 0.2) is 36.7 Å². The maximum Gasteiger partial charge on any atom is 0.137 e. The van der Waals surface area contributed by atoms with Crippen LogP contribution in [0.5, 0.6) is 0 Å². The maximum atomic E-state index is 4.23. The van der Waals surface area contributed by atoms with E-state index in [0.29, 0.717) is 0 Å². The molecule has 0 amide bonds. The van der Waals surface area contributed by atoms with Gasteiger partial charge in [-0.15, -0.1) is 0 Å². The van der Waals surface area contributed by atoms with Crippen LogP contribution in [0.4, 0.5) is 0 Å². The van der Waals surface area contributed by atoms with Crippen molar-refractivity contribution in [2.75, 3.05) is 0 Å². The number of nitrogens with zero attached hydrogens (tertiary/aromatic N) is 1. The number of rotatable bonds is 3. The standard InChI is InChI=1S/C15H16N2/c1-2-3-4-5-7-13-8-6-9-14(12-13)15-16-10-11-17-15/h6,8-12H,2-4H2,1H3,(H,16,17). The van der Waals surface area contributed by atoms with E-state index in [1.54, 1.807) is 6.20 Å². The molecule has 0 radical (unpaired) electrons. The average molecular weight is 224 g/mol. The molecule has 2 rings (SSSR count). The molecular weight excluding hydrogens is 208 g/mol. The van der Waals surface area contributed by atoms with Crippen LogP contribution in [0.2, 0.25) is 0 Å². The van der Waals surface area contributed by atoms with E-state index in [1.807, 2.05) is 24.4 Å². The number of unbranched alkanes of at least 4 members (excludes halogenated alkanes) is 2. The van der Waals surface area contributed by atoms with E-state index < -0.39 is 0 Å². The number of H-pyrrole nitrogens is 1. The zero-order chi connectivity index (χ0) is 11.9. The van der Waals surface area contributed by atoms with Crippen molar-refractivity contribution in [3.63, 3.8) is 0 Å². The number of aromatic nitrogens is 2. The monoisotopic (exact) mass is 224 g/mol. The van der Waals surface area contributed by atoms with Crippen molar-refractivity contribution in [3.05, 3.63) is 42.2 Å². The van der Waals surface area contributed by atoms with Gasteiger partial charge >= 0.3 is 0 Å². The van der Waals surface area contributed by atoms with Gasteiger partial charge in [-0.2, -0.15) is 0 Å². The van der Waals surface area contributed by atoms with Crippen molar-refractivity contribution in [3.8, 4) is 23.2 Å². The minimum absolute atomic E-state index is 0.891. The quantitative estimate of drug-likeness (QED) is 0.626. The summed E-state index contributed by atoms with van der Waals surface area (Å²) >= 11 is 0. The number of nitrogens with one attached hydrogen (secondary N) is 1. The molecule has 0 unspecified atom stereocenters. The van der Waals surface area contributed by atoms with Crippen molar-refractivity contribution in [2.45, 2.75) is 26.2 Å². The molecule has 1 N–H and O–H groups in total. The van der Waals surface area contributed by atoms with Crippen LogP contribution in [0.1, 0.15) is 31.7 Å². The van der Waals surface area contributed by atoms with Crippen LogP contribution < -0.4 is 0 Å². The van der Waals surface area contributed by atoms with Crippen LogP contribution >= 0.6 is 0 Å². The molecule has 1 aromatic heterocycles. The second-order valence-electron chi connectivity index (χ2n) is 3.92. The summed E-state index contributed by atoms with van der Waals surface area (Å²) in [6.07, 6.45) is 6.93. The molecule has 0 fully saturated rings. The molecule has 0 spiro atoms. The lowest BCUT2D eigenvalue weighted by molar-refractivity contribution is 0.828. The van der Waals surface area contributed by atoms with Gasteiger partial charge in [-0.05, 0) is 18.6 Å². The smallest absolute Gasteiger partial charge is 0.137 e. The summed E-state index contributed by atoms with van der Waals surface area (Å²) < 4.78 is 0. The second-order valence-corrected chi connectivity index (χ2v) is 3.92. The van der Waals surface area contributed by atoms with Crippen LogP contribution in [0, 0.1) is 11.8 Å². The van der Waals surface area contributed by atoms with Crippen molar-refractivity contribution in [2.24, 2.45) is 0 Å². The fourth-order valence-corrected chi connectivity index (χ4v) is 1.60. The fourth-order valence-electron chi connectivity index (χ4n) is 1.60. The third kappa shape index (κ3) is 3.22. The number of hydrogen-bond acceptors (Lipinski definition) is 1. The molecule has 0 aliphatic rings. The molecule has 2 aromatic rings. The Kier molecular flexibility index (Phi) is 3.99. The zero-order valence-electron chi connectivity index (χ0n) is 10.0. The fraction of sp³-hybridized carbons (Fsp3) is 0.267. The highest BCUT2D eigenvalue weighted by Crippen LogP contribution is 2.15. The van der Waals surface area contributed by atoms with Gasteiger partial charge in [0.25, 0.3) is 0 Å². The van der Waals surface area contributed by atoms with Crippen LogP contribution in [0.25, 0.3) is 11.4 Å². The summed E-state index contributed by atoms with van der Waals surface area (Å²) in [5, 5.41) is 0. The van der Waals surface area contributed by atoms with Crippen molar-refractivity contribution in [1.82, 2.24) is 9.97 Å². The van der Waals surface area contributed by atoms with Gasteiger partial charge in [-0.25, -0.2) is 4.98 Å². The highest BCUT2D eigenvalue weighted by atomic mass is 14.9. The predicted octanol–water partition coefficient (Wildman–Crippen LogP) is 3.62. The van der Waals surface area contributed by atoms with Gasteiger partial charge in [-0.1, -0.05) is 37.3 Å². The first-order valence-electron chi connectivity index (χ1n) is 5.99. The molecule has 1 heterocycles. The summed E-state index contributed by atoms with van der Waals surface area (Å²) in [6, 6.07) is 8.15. The minimum Gasteiger partial charge on any atom is -0.345 e. The number of hydrogen-bond donors (Lipinski definition) is 1. The van der Waals surface area contributed by atoms with Crippen molar-refractivity contribution >= 4 is 0 Å². The summed E-state index contributed by atoms with van der Waals surface area (Å²) in [4.78, 5) is 7.33. The van der Waals surface area contributed by atoms with Crippen molar-refractivity contribution < 1.29 is 0 Å². The van der Waals surface area contributed by atoms with Gasteiger partial charge in [-0.3, -0.25) is 0 Å². The largest absolute Gasteiger partial charge is 0.345 e. The number of benzene rings is 1. The molecule has 2 heteroatoms. The second kappa shape index (κ2) is 5.91. The lowest BCUT2D eigenvalue weighted by Gasteiger charge is -1.97. The van der Waals surface area contributed by atoms with E-state index in [9.17, 15) is 0 Å². The highest BCUT2D eigenvalue weighted by molar-refractivity contribution is 5.58. The van der Waals surface area contributed by atoms with Gasteiger partial charge in [0.15, 0.2) is 0 Å². The normalized spacial score (nSPS) is 9.71. The Morgan fingerprint density at radius 1 is 1.35 bits per heavy atom. The molecule has 0 saturated carbocycles. The van der Waals surface area contributed by atoms with Gasteiger partial charge < -0.3 is 4.98 Å². The molecule has 0 aliphatic carbocycles. The highest BCUT2D eigenvalue weighted by Gasteiger charge is 1.98. The van der Waals surface area contributed by atoms with Gasteiger partial charge in [0.1, 0.15) is 5.82 Å². The third-order valence-corrected chi connectivity index (χ3v) is 2.52. The van der Waals surface area contributed by atoms with Gasteiger partial charge in [0.2, 0.25) is 0 Å². The van der Waals surface area contributed by atoms with E-state index in [0.717, 1.165) is 23.4 Å². The molecule has 0 bridgehead atoms. The SMILES string of the molecule is CCCCC#Cc1cccc(-c2ncc[nH]2)c1. The summed E-state index contributed by atoms with van der Waals surface area (Å²) in [7, 11) is 0. The van der Waals surface area contributed by atoms with Crippen molar-refractivity contribution in [1.29, 1.82) is 0 Å². The van der Waals surface area contributed by atoms with E-state index in [4.69, 9.17) is 0 Å². The molecule has 2 nitrogen and oxygen atoms in total. The average Bonchev–Trinajstić information content (AvgIpc) is 2.89. The Balaban J connectivity index is 2.14. The Morgan fingerprint density at radius 2 is 2.29 bits per heavy atom. The Labute approximate surface area is 102 Å². The first-order valence-corrected chi connectivity index (χ1v) is 5.99. The predicted molar refractivity (Wildman–Crippen MR) is 70.4 cm³/mol. The van der Waals surface area contributed by atoms with Crippen LogP contribution in [-0.4, -0.2) is 9.97 Å². The zero-order valence-corrected chi connectivity index (χ0v) is 10.0. The Morgan fingerprint density at radius 3 is 3.06 bits per heavy atom. The Hall–Kier alpha value is -2.01. The lowest BCUT2D eigenvalue weighted by atomic mass is 10.1. The molecule has 0 aliphatic heterocycles. The number of imidazole rings is 1. The summed E-state index contributed by atoms with van der Waals surface area (Å²) in [5.74, 6) is 7.28. The summed E-state index contributed by atoms with van der Waals surface area (Å²) in [6.45, 7) is 2.18. The van der Waals surface area contributed by atoms with E-state index in [-0.39, 0.29) is 0 Å². The molecule has 0 saturated heterocycles. The topological polar surface area (TPSA) is 28.7 Å².